The van der Waals surface area contributed by atoms with E-state index in [9.17, 15) is 9.59 Å². The Morgan fingerprint density at radius 1 is 1.08 bits per heavy atom. The number of ether oxygens (including phenoxy) is 3. The fourth-order valence-corrected chi connectivity index (χ4v) is 10.2. The highest BCUT2D eigenvalue weighted by atomic mass is 16.7. The first-order valence-electron chi connectivity index (χ1n) is 15.0. The standard InChI is InChI=1S/C31H46O6/c1-18-9-14-31(35-17-18)19(2)28-25(37-31)16-24-22-6-5-20-15-21(36-27(34)8-7-26(32)33)10-12-29(20,3)23(22)11-13-30(24,28)4/h5,18-19,21-25,28H,6-17H2,1-4H3,(H,32,33)/t18-,19-,21-,22?,23?,24?,25-,28-,29-,30-,31+/m0/s1. The van der Waals surface area contributed by atoms with Crippen LogP contribution in [0.15, 0.2) is 11.6 Å². The van der Waals surface area contributed by atoms with Gasteiger partial charge in [-0.1, -0.05) is 39.3 Å². The minimum atomic E-state index is -0.953. The largest absolute Gasteiger partial charge is 0.481 e. The Kier molecular flexibility index (Phi) is 6.34. The number of carbonyl (C=O) groups is 2. The lowest BCUT2D eigenvalue weighted by atomic mass is 9.47. The molecule has 1 spiro atoms. The highest BCUT2D eigenvalue weighted by Gasteiger charge is 2.68. The van der Waals surface area contributed by atoms with Gasteiger partial charge in [0.1, 0.15) is 6.10 Å². The van der Waals surface area contributed by atoms with Crippen LogP contribution in [0.5, 0.6) is 0 Å². The molecule has 2 saturated heterocycles. The first-order chi connectivity index (χ1) is 17.6. The van der Waals surface area contributed by atoms with Gasteiger partial charge in [0.05, 0.1) is 25.6 Å². The lowest BCUT2D eigenvalue weighted by Gasteiger charge is -2.58. The first kappa shape index (κ1) is 25.9. The van der Waals surface area contributed by atoms with Crippen molar-refractivity contribution in [2.45, 2.75) is 116 Å². The van der Waals surface area contributed by atoms with Gasteiger partial charge in [-0.25, -0.2) is 0 Å². The number of fused-ring (bicyclic) bond motifs is 7. The molecule has 3 unspecified atom stereocenters. The second-order valence-corrected chi connectivity index (χ2v) is 14.0. The van der Waals surface area contributed by atoms with E-state index in [0.717, 1.165) is 38.7 Å². The predicted molar refractivity (Wildman–Crippen MR) is 138 cm³/mol. The molecule has 0 aromatic carbocycles. The van der Waals surface area contributed by atoms with E-state index in [1.165, 1.54) is 31.3 Å². The zero-order chi connectivity index (χ0) is 26.2. The monoisotopic (exact) mass is 514 g/mol. The van der Waals surface area contributed by atoms with Crippen LogP contribution in [-0.2, 0) is 23.8 Å². The molecule has 0 aromatic heterocycles. The predicted octanol–water partition coefficient (Wildman–Crippen LogP) is 6.13. The summed E-state index contributed by atoms with van der Waals surface area (Å²) in [6, 6.07) is 0. The number of esters is 1. The van der Waals surface area contributed by atoms with Gasteiger partial charge in [0, 0.05) is 18.8 Å². The maximum atomic E-state index is 12.2. The smallest absolute Gasteiger partial charge is 0.306 e. The molecule has 6 heteroatoms. The molecular formula is C31H46O6. The van der Waals surface area contributed by atoms with Crippen molar-refractivity contribution in [3.05, 3.63) is 11.6 Å². The van der Waals surface area contributed by atoms with Crippen LogP contribution in [0.2, 0.25) is 0 Å². The van der Waals surface area contributed by atoms with E-state index in [-0.39, 0.29) is 36.1 Å². The summed E-state index contributed by atoms with van der Waals surface area (Å²) in [6.07, 6.45) is 12.4. The van der Waals surface area contributed by atoms with Crippen molar-refractivity contribution in [3.63, 3.8) is 0 Å². The van der Waals surface area contributed by atoms with Gasteiger partial charge in [-0.15, -0.1) is 0 Å². The normalized spacial score (nSPS) is 50.4. The van der Waals surface area contributed by atoms with Crippen molar-refractivity contribution in [1.29, 1.82) is 0 Å². The van der Waals surface area contributed by atoms with E-state index >= 15 is 0 Å². The van der Waals surface area contributed by atoms with E-state index in [1.807, 2.05) is 0 Å². The number of allylic oxidation sites excluding steroid dienone is 1. The van der Waals surface area contributed by atoms with Gasteiger partial charge < -0.3 is 19.3 Å². The third-order valence-corrected chi connectivity index (χ3v) is 12.2. The summed E-state index contributed by atoms with van der Waals surface area (Å²) in [5.74, 6) is 2.08. The van der Waals surface area contributed by atoms with E-state index in [0.29, 0.717) is 47.0 Å². The van der Waals surface area contributed by atoms with Crippen LogP contribution in [-0.4, -0.2) is 41.6 Å². The summed E-state index contributed by atoms with van der Waals surface area (Å²) in [5.41, 5.74) is 1.98. The molecular weight excluding hydrogens is 468 g/mol. The quantitative estimate of drug-likeness (QED) is 0.359. The molecule has 0 aromatic rings. The van der Waals surface area contributed by atoms with E-state index in [4.69, 9.17) is 19.3 Å². The number of hydrogen-bond acceptors (Lipinski definition) is 5. The van der Waals surface area contributed by atoms with Crippen LogP contribution in [0.4, 0.5) is 0 Å². The maximum Gasteiger partial charge on any atom is 0.306 e. The Morgan fingerprint density at radius 2 is 1.89 bits per heavy atom. The Hall–Kier alpha value is -1.40. The van der Waals surface area contributed by atoms with Gasteiger partial charge in [0.25, 0.3) is 0 Å². The average molecular weight is 515 g/mol. The number of rotatable bonds is 4. The number of carboxylic acids is 1. The molecule has 206 valence electrons. The highest BCUT2D eigenvalue weighted by Crippen LogP contribution is 2.70. The van der Waals surface area contributed by atoms with Gasteiger partial charge in [0.15, 0.2) is 5.79 Å². The number of carboxylic acid groups (broad SMARTS) is 1. The summed E-state index contributed by atoms with van der Waals surface area (Å²) in [5, 5.41) is 8.86. The molecule has 11 atom stereocenters. The Balaban J connectivity index is 1.16. The number of aliphatic carboxylic acids is 1. The SMILES string of the molecule is C[C@H]1CC[C@@]2(OC1)O[C@H]1CC3C4CC=C5C[C@@H](OC(=O)CCC(=O)O)CC[C@]5(C)C4CC[C@]3(C)[C@H]1[C@@H]2C. The summed E-state index contributed by atoms with van der Waals surface area (Å²) in [4.78, 5) is 23.0. The lowest BCUT2D eigenvalue weighted by molar-refractivity contribution is -0.272. The molecule has 3 saturated carbocycles. The van der Waals surface area contributed by atoms with Gasteiger partial charge >= 0.3 is 11.9 Å². The first-order valence-corrected chi connectivity index (χ1v) is 15.0. The van der Waals surface area contributed by atoms with E-state index < -0.39 is 5.97 Å². The summed E-state index contributed by atoms with van der Waals surface area (Å²) < 4.78 is 19.1. The average Bonchev–Trinajstić information content (AvgIpc) is 3.30. The van der Waals surface area contributed by atoms with Crippen molar-refractivity contribution in [3.8, 4) is 0 Å². The molecule has 0 radical (unpaired) electrons. The Labute approximate surface area is 221 Å². The molecule has 2 heterocycles. The Morgan fingerprint density at radius 3 is 2.62 bits per heavy atom. The number of carbonyl (C=O) groups excluding carboxylic acids is 1. The zero-order valence-electron chi connectivity index (χ0n) is 23.2. The second-order valence-electron chi connectivity index (χ2n) is 14.0. The third kappa shape index (κ3) is 4.02. The molecule has 6 nitrogen and oxygen atoms in total. The summed E-state index contributed by atoms with van der Waals surface area (Å²) >= 11 is 0. The van der Waals surface area contributed by atoms with Crippen molar-refractivity contribution in [2.24, 2.45) is 46.3 Å². The zero-order valence-corrected chi connectivity index (χ0v) is 23.2. The van der Waals surface area contributed by atoms with Crippen molar-refractivity contribution in [2.75, 3.05) is 6.61 Å². The summed E-state index contributed by atoms with van der Waals surface area (Å²) in [7, 11) is 0. The summed E-state index contributed by atoms with van der Waals surface area (Å²) in [6.45, 7) is 10.6. The molecule has 4 aliphatic carbocycles. The molecule has 1 N–H and O–H groups in total. The molecule has 0 amide bonds. The highest BCUT2D eigenvalue weighted by molar-refractivity contribution is 5.76. The van der Waals surface area contributed by atoms with Crippen LogP contribution < -0.4 is 0 Å². The second kappa shape index (κ2) is 9.08. The molecule has 6 aliphatic rings. The molecule has 6 rings (SSSR count). The third-order valence-electron chi connectivity index (χ3n) is 12.2. The topological polar surface area (TPSA) is 82.1 Å². The van der Waals surface area contributed by atoms with Gasteiger partial charge in [-0.2, -0.15) is 0 Å². The Bertz CT molecular complexity index is 965. The van der Waals surface area contributed by atoms with Crippen LogP contribution in [0.1, 0.15) is 98.3 Å². The van der Waals surface area contributed by atoms with Crippen molar-refractivity contribution < 1.29 is 28.9 Å². The van der Waals surface area contributed by atoms with E-state index in [1.54, 1.807) is 0 Å². The molecule has 5 fully saturated rings. The minimum Gasteiger partial charge on any atom is -0.481 e. The van der Waals surface area contributed by atoms with Crippen molar-refractivity contribution in [1.82, 2.24) is 0 Å². The van der Waals surface area contributed by atoms with Gasteiger partial charge in [-0.3, -0.25) is 9.59 Å². The van der Waals surface area contributed by atoms with Crippen molar-refractivity contribution >= 4 is 11.9 Å². The maximum absolute atomic E-state index is 12.2. The fraction of sp³-hybridized carbons (Fsp3) is 0.871. The van der Waals surface area contributed by atoms with Gasteiger partial charge in [0.2, 0.25) is 0 Å². The molecule has 0 bridgehead atoms. The van der Waals surface area contributed by atoms with Gasteiger partial charge in [-0.05, 0) is 85.4 Å². The van der Waals surface area contributed by atoms with Crippen LogP contribution in [0.25, 0.3) is 0 Å². The fourth-order valence-electron chi connectivity index (χ4n) is 10.2. The number of hydrogen-bond donors (Lipinski definition) is 1. The molecule has 2 aliphatic heterocycles. The van der Waals surface area contributed by atoms with Crippen LogP contribution in [0, 0.1) is 46.3 Å². The molecule has 37 heavy (non-hydrogen) atoms. The van der Waals surface area contributed by atoms with Crippen LogP contribution >= 0.6 is 0 Å². The van der Waals surface area contributed by atoms with Crippen LogP contribution in [0.3, 0.4) is 0 Å². The lowest BCUT2D eigenvalue weighted by Crippen LogP contribution is -2.52. The minimum absolute atomic E-state index is 0.0404. The van der Waals surface area contributed by atoms with E-state index in [2.05, 4.69) is 33.8 Å².